The van der Waals surface area contributed by atoms with Crippen molar-refractivity contribution >= 4 is 32.7 Å². The zero-order valence-corrected chi connectivity index (χ0v) is 11.8. The van der Waals surface area contributed by atoms with Crippen molar-refractivity contribution < 1.29 is 5.11 Å². The fraction of sp³-hybridized carbons (Fsp3) is 0.286. The number of aliphatic hydroxyl groups excluding tert-OH is 1. The topological polar surface area (TPSA) is 58.0 Å². The smallest absolute Gasteiger partial charge is 0.112 e. The van der Waals surface area contributed by atoms with Crippen LogP contribution in [0.4, 0.5) is 5.69 Å². The van der Waals surface area contributed by atoms with Gasteiger partial charge >= 0.3 is 0 Å². The zero-order valence-electron chi connectivity index (χ0n) is 10.3. The van der Waals surface area contributed by atoms with Gasteiger partial charge in [-0.1, -0.05) is 12.2 Å². The monoisotopic (exact) mass is 319 g/mol. The third-order valence-corrected chi connectivity index (χ3v) is 3.73. The SMILES string of the molecule is OC[C@H]1C=C[C@@H](Nc2ccnc3cc(Br)cnc23)C1. The molecule has 0 bridgehead atoms. The Morgan fingerprint density at radius 1 is 1.37 bits per heavy atom. The first kappa shape index (κ1) is 12.6. The van der Waals surface area contributed by atoms with Gasteiger partial charge in [-0.15, -0.1) is 0 Å². The van der Waals surface area contributed by atoms with Crippen LogP contribution in [0.3, 0.4) is 0 Å². The van der Waals surface area contributed by atoms with Gasteiger partial charge in [-0.3, -0.25) is 9.97 Å². The van der Waals surface area contributed by atoms with Crippen molar-refractivity contribution in [2.24, 2.45) is 5.92 Å². The molecule has 2 heterocycles. The molecule has 0 saturated heterocycles. The Labute approximate surface area is 119 Å². The lowest BCUT2D eigenvalue weighted by atomic mass is 10.1. The summed E-state index contributed by atoms with van der Waals surface area (Å²) in [4.78, 5) is 8.73. The van der Waals surface area contributed by atoms with Crippen molar-refractivity contribution in [3.05, 3.63) is 41.2 Å². The quantitative estimate of drug-likeness (QED) is 0.854. The first-order valence-electron chi connectivity index (χ1n) is 6.22. The molecule has 2 N–H and O–H groups in total. The van der Waals surface area contributed by atoms with Gasteiger partial charge in [0, 0.05) is 35.4 Å². The average Bonchev–Trinajstić information content (AvgIpc) is 2.86. The van der Waals surface area contributed by atoms with E-state index in [2.05, 4.69) is 43.4 Å². The predicted octanol–water partition coefficient (Wildman–Crippen LogP) is 2.74. The minimum atomic E-state index is 0.205. The molecular weight excluding hydrogens is 306 g/mol. The Morgan fingerprint density at radius 3 is 3.05 bits per heavy atom. The van der Waals surface area contributed by atoms with Crippen LogP contribution >= 0.6 is 15.9 Å². The lowest BCUT2D eigenvalue weighted by Crippen LogP contribution is -2.17. The van der Waals surface area contributed by atoms with E-state index in [9.17, 15) is 0 Å². The highest BCUT2D eigenvalue weighted by molar-refractivity contribution is 9.10. The van der Waals surface area contributed by atoms with Crippen molar-refractivity contribution in [1.29, 1.82) is 0 Å². The number of pyridine rings is 2. The van der Waals surface area contributed by atoms with Crippen molar-refractivity contribution in [3.63, 3.8) is 0 Å². The second kappa shape index (κ2) is 5.27. The van der Waals surface area contributed by atoms with E-state index in [4.69, 9.17) is 5.11 Å². The molecule has 0 amide bonds. The van der Waals surface area contributed by atoms with Crippen LogP contribution in [0.15, 0.2) is 41.2 Å². The number of fused-ring (bicyclic) bond motifs is 1. The Kier molecular flexibility index (Phi) is 3.48. The number of hydrogen-bond donors (Lipinski definition) is 2. The first-order valence-corrected chi connectivity index (χ1v) is 7.01. The maximum Gasteiger partial charge on any atom is 0.112 e. The summed E-state index contributed by atoms with van der Waals surface area (Å²) in [6, 6.07) is 4.13. The van der Waals surface area contributed by atoms with Crippen molar-refractivity contribution in [3.8, 4) is 0 Å². The van der Waals surface area contributed by atoms with E-state index >= 15 is 0 Å². The molecule has 0 fully saturated rings. The van der Waals surface area contributed by atoms with Gasteiger partial charge < -0.3 is 10.4 Å². The molecule has 5 heteroatoms. The number of halogens is 1. The van der Waals surface area contributed by atoms with Crippen LogP contribution in [0.1, 0.15) is 6.42 Å². The van der Waals surface area contributed by atoms with Crippen LogP contribution in [0.5, 0.6) is 0 Å². The molecule has 0 radical (unpaired) electrons. The van der Waals surface area contributed by atoms with E-state index in [1.807, 2.05) is 12.1 Å². The molecule has 0 spiro atoms. The molecule has 1 aliphatic rings. The largest absolute Gasteiger partial charge is 0.396 e. The molecule has 1 aliphatic carbocycles. The molecule has 2 aromatic rings. The third kappa shape index (κ3) is 2.62. The second-order valence-electron chi connectivity index (χ2n) is 4.69. The zero-order chi connectivity index (χ0) is 13.2. The van der Waals surface area contributed by atoms with Crippen LogP contribution < -0.4 is 5.32 Å². The molecule has 0 unspecified atom stereocenters. The van der Waals surface area contributed by atoms with E-state index in [0.29, 0.717) is 0 Å². The molecule has 0 saturated carbocycles. The number of aromatic nitrogens is 2. The normalized spacial score (nSPS) is 22.0. The fourth-order valence-electron chi connectivity index (χ4n) is 2.34. The highest BCUT2D eigenvalue weighted by atomic mass is 79.9. The van der Waals surface area contributed by atoms with Crippen LogP contribution in [0.2, 0.25) is 0 Å². The van der Waals surface area contributed by atoms with Crippen molar-refractivity contribution in [2.75, 3.05) is 11.9 Å². The summed E-state index contributed by atoms with van der Waals surface area (Å²) >= 11 is 3.40. The summed E-state index contributed by atoms with van der Waals surface area (Å²) in [5.74, 6) is 0.257. The van der Waals surface area contributed by atoms with Crippen molar-refractivity contribution in [1.82, 2.24) is 9.97 Å². The second-order valence-corrected chi connectivity index (χ2v) is 5.61. The summed E-state index contributed by atoms with van der Waals surface area (Å²) in [5, 5.41) is 12.6. The molecule has 98 valence electrons. The summed E-state index contributed by atoms with van der Waals surface area (Å²) in [5.41, 5.74) is 2.71. The number of aliphatic hydroxyl groups is 1. The highest BCUT2D eigenvalue weighted by Gasteiger charge is 2.18. The van der Waals surface area contributed by atoms with E-state index in [1.54, 1.807) is 12.4 Å². The van der Waals surface area contributed by atoms with Gasteiger partial charge in [0.1, 0.15) is 5.52 Å². The standard InChI is InChI=1S/C14H14BrN3O/c15-10-6-13-14(17-7-10)12(3-4-16-13)18-11-2-1-9(5-11)8-19/h1-4,6-7,9,11,19H,5,8H2,(H,16,18)/t9-,11+/m0/s1. The average molecular weight is 320 g/mol. The maximum absolute atomic E-state index is 9.15. The maximum atomic E-state index is 9.15. The van der Waals surface area contributed by atoms with Crippen LogP contribution in [-0.2, 0) is 0 Å². The summed E-state index contributed by atoms with van der Waals surface area (Å²) in [6.45, 7) is 0.205. The number of rotatable bonds is 3. The van der Waals surface area contributed by atoms with Gasteiger partial charge in [0.15, 0.2) is 0 Å². The Bertz CT molecular complexity index is 629. The van der Waals surface area contributed by atoms with Gasteiger partial charge in [0.25, 0.3) is 0 Å². The number of anilines is 1. The summed E-state index contributed by atoms with van der Waals surface area (Å²) in [7, 11) is 0. The number of nitrogens with one attached hydrogen (secondary N) is 1. The van der Waals surface area contributed by atoms with E-state index in [1.165, 1.54) is 0 Å². The van der Waals surface area contributed by atoms with E-state index in [-0.39, 0.29) is 18.6 Å². The summed E-state index contributed by atoms with van der Waals surface area (Å²) < 4.78 is 0.922. The van der Waals surface area contributed by atoms with Crippen molar-refractivity contribution in [2.45, 2.75) is 12.5 Å². The van der Waals surface area contributed by atoms with Gasteiger partial charge in [-0.25, -0.2) is 0 Å². The third-order valence-electron chi connectivity index (χ3n) is 3.29. The highest BCUT2D eigenvalue weighted by Crippen LogP contribution is 2.26. The summed E-state index contributed by atoms with van der Waals surface area (Å²) in [6.07, 6.45) is 8.63. The molecule has 3 rings (SSSR count). The fourth-order valence-corrected chi connectivity index (χ4v) is 2.66. The first-order chi connectivity index (χ1) is 9.26. The Morgan fingerprint density at radius 2 is 2.26 bits per heavy atom. The minimum Gasteiger partial charge on any atom is -0.396 e. The Balaban J connectivity index is 1.87. The molecular formula is C14H14BrN3O. The van der Waals surface area contributed by atoms with Gasteiger partial charge in [-0.2, -0.15) is 0 Å². The van der Waals surface area contributed by atoms with E-state index < -0.39 is 0 Å². The van der Waals surface area contributed by atoms with Crippen LogP contribution in [0, 0.1) is 5.92 Å². The van der Waals surface area contributed by atoms with Gasteiger partial charge in [-0.05, 0) is 34.5 Å². The van der Waals surface area contributed by atoms with Gasteiger partial charge in [0.05, 0.1) is 11.2 Å². The molecule has 0 aliphatic heterocycles. The number of hydrogen-bond acceptors (Lipinski definition) is 4. The molecule has 2 aromatic heterocycles. The lowest BCUT2D eigenvalue weighted by molar-refractivity contribution is 0.250. The molecule has 0 aromatic carbocycles. The minimum absolute atomic E-state index is 0.205. The molecule has 4 nitrogen and oxygen atoms in total. The Hall–Kier alpha value is -1.46. The lowest BCUT2D eigenvalue weighted by Gasteiger charge is -2.15. The van der Waals surface area contributed by atoms with Gasteiger partial charge in [0.2, 0.25) is 0 Å². The molecule has 2 atom stereocenters. The van der Waals surface area contributed by atoms with Crippen LogP contribution in [-0.4, -0.2) is 27.7 Å². The van der Waals surface area contributed by atoms with Crippen LogP contribution in [0.25, 0.3) is 11.0 Å². The van der Waals surface area contributed by atoms with E-state index in [0.717, 1.165) is 27.6 Å². The number of nitrogens with zero attached hydrogens (tertiary/aromatic N) is 2. The molecule has 19 heavy (non-hydrogen) atoms. The predicted molar refractivity (Wildman–Crippen MR) is 79.0 cm³/mol.